The molecule has 1 heterocycles. The molecule has 0 saturated carbocycles. The van der Waals surface area contributed by atoms with Crippen LogP contribution < -0.4 is 9.47 Å². The molecule has 4 aromatic rings. The fourth-order valence-corrected chi connectivity index (χ4v) is 3.86. The smallest absolute Gasteiger partial charge is 0.147 e. The van der Waals surface area contributed by atoms with Crippen LogP contribution in [0.25, 0.3) is 11.0 Å². The van der Waals surface area contributed by atoms with Crippen molar-refractivity contribution in [1.82, 2.24) is 9.55 Å². The minimum absolute atomic E-state index is 0.457. The van der Waals surface area contributed by atoms with E-state index in [9.17, 15) is 0 Å². The summed E-state index contributed by atoms with van der Waals surface area (Å²) in [7, 11) is 0. The van der Waals surface area contributed by atoms with Crippen molar-refractivity contribution in [3.63, 3.8) is 0 Å². The molecule has 3 aromatic carbocycles. The summed E-state index contributed by atoms with van der Waals surface area (Å²) in [6.07, 6.45) is 2.00. The van der Waals surface area contributed by atoms with Gasteiger partial charge < -0.3 is 14.0 Å². The van der Waals surface area contributed by atoms with Crippen LogP contribution in [0.1, 0.15) is 35.4 Å². The van der Waals surface area contributed by atoms with Gasteiger partial charge in [-0.3, -0.25) is 0 Å². The van der Waals surface area contributed by atoms with Crippen molar-refractivity contribution < 1.29 is 9.47 Å². The summed E-state index contributed by atoms with van der Waals surface area (Å²) < 4.78 is 14.4. The number of benzene rings is 3. The van der Waals surface area contributed by atoms with Gasteiger partial charge in [0.05, 0.1) is 17.6 Å². The zero-order valence-corrected chi connectivity index (χ0v) is 18.6. The van der Waals surface area contributed by atoms with Gasteiger partial charge in [-0.1, -0.05) is 48.0 Å². The number of hydrogen-bond donors (Lipinski definition) is 0. The van der Waals surface area contributed by atoms with Crippen LogP contribution in [0.2, 0.25) is 0 Å². The number of rotatable bonds is 9. The number of hydrogen-bond acceptors (Lipinski definition) is 3. The molecule has 0 bridgehead atoms. The van der Waals surface area contributed by atoms with Crippen molar-refractivity contribution in [2.24, 2.45) is 0 Å². The molecule has 0 unspecified atom stereocenters. The average Bonchev–Trinajstić information content (AvgIpc) is 3.12. The van der Waals surface area contributed by atoms with Gasteiger partial charge in [-0.25, -0.2) is 4.98 Å². The topological polar surface area (TPSA) is 36.3 Å². The quantitative estimate of drug-likeness (QED) is 0.297. The number of fused-ring (bicyclic) bond motifs is 1. The van der Waals surface area contributed by atoms with E-state index < -0.39 is 0 Å². The second-order valence-electron chi connectivity index (χ2n) is 8.05. The van der Waals surface area contributed by atoms with Crippen LogP contribution in [0.5, 0.6) is 11.5 Å². The van der Waals surface area contributed by atoms with Crippen molar-refractivity contribution in [3.8, 4) is 11.5 Å². The molecular formula is C27H30N2O2. The molecule has 0 spiro atoms. The zero-order valence-electron chi connectivity index (χ0n) is 18.6. The fraction of sp³-hybridized carbons (Fsp3) is 0.296. The lowest BCUT2D eigenvalue weighted by atomic mass is 10.1. The lowest BCUT2D eigenvalue weighted by molar-refractivity contribution is 0.283. The number of imidazole rings is 1. The van der Waals surface area contributed by atoms with Crippen molar-refractivity contribution in [1.29, 1.82) is 0 Å². The summed E-state index contributed by atoms with van der Waals surface area (Å²) in [5, 5.41) is 0. The van der Waals surface area contributed by atoms with Gasteiger partial charge in [-0.2, -0.15) is 0 Å². The third kappa shape index (κ3) is 5.08. The predicted molar refractivity (Wildman–Crippen MR) is 126 cm³/mol. The molecule has 0 radical (unpaired) electrons. The number of aromatic nitrogens is 2. The molecule has 4 nitrogen and oxygen atoms in total. The number of aryl methyl sites for hydroxylation is 4. The Morgan fingerprint density at radius 3 is 2.39 bits per heavy atom. The van der Waals surface area contributed by atoms with E-state index in [1.165, 1.54) is 11.1 Å². The second kappa shape index (κ2) is 9.69. The van der Waals surface area contributed by atoms with E-state index >= 15 is 0 Å². The van der Waals surface area contributed by atoms with Crippen LogP contribution in [0, 0.1) is 20.8 Å². The molecule has 160 valence electrons. The molecule has 4 heteroatoms. The first-order chi connectivity index (χ1) is 15.1. The Hall–Kier alpha value is -3.27. The van der Waals surface area contributed by atoms with Crippen molar-refractivity contribution in [2.75, 3.05) is 6.61 Å². The van der Waals surface area contributed by atoms with Gasteiger partial charge >= 0.3 is 0 Å². The normalized spacial score (nSPS) is 11.1. The molecule has 31 heavy (non-hydrogen) atoms. The van der Waals surface area contributed by atoms with Crippen molar-refractivity contribution >= 4 is 11.0 Å². The first kappa shape index (κ1) is 21.0. The van der Waals surface area contributed by atoms with Gasteiger partial charge in [0.2, 0.25) is 0 Å². The molecule has 0 fully saturated rings. The van der Waals surface area contributed by atoms with E-state index in [0.29, 0.717) is 13.2 Å². The molecule has 0 aliphatic rings. The van der Waals surface area contributed by atoms with Crippen LogP contribution in [-0.2, 0) is 13.2 Å². The first-order valence-corrected chi connectivity index (χ1v) is 10.9. The maximum Gasteiger partial charge on any atom is 0.147 e. The van der Waals surface area contributed by atoms with Crippen LogP contribution in [0.3, 0.4) is 0 Å². The molecule has 0 aliphatic heterocycles. The maximum absolute atomic E-state index is 6.09. The van der Waals surface area contributed by atoms with Crippen molar-refractivity contribution in [2.45, 2.75) is 46.8 Å². The Labute approximate surface area is 184 Å². The van der Waals surface area contributed by atoms with E-state index in [1.54, 1.807) is 0 Å². The van der Waals surface area contributed by atoms with Gasteiger partial charge in [0, 0.05) is 6.54 Å². The van der Waals surface area contributed by atoms with Crippen molar-refractivity contribution in [3.05, 3.63) is 89.2 Å². The van der Waals surface area contributed by atoms with E-state index in [2.05, 4.69) is 67.8 Å². The Morgan fingerprint density at radius 1 is 0.774 bits per heavy atom. The van der Waals surface area contributed by atoms with Crippen LogP contribution in [0.15, 0.2) is 66.7 Å². The highest BCUT2D eigenvalue weighted by atomic mass is 16.5. The number of para-hydroxylation sites is 3. The fourth-order valence-electron chi connectivity index (χ4n) is 3.86. The summed E-state index contributed by atoms with van der Waals surface area (Å²) in [5.41, 5.74) is 5.75. The van der Waals surface area contributed by atoms with Crippen LogP contribution >= 0.6 is 0 Å². The molecular weight excluding hydrogens is 384 g/mol. The highest BCUT2D eigenvalue weighted by molar-refractivity contribution is 5.75. The number of unbranched alkanes of at least 4 members (excludes halogenated alkanes) is 1. The van der Waals surface area contributed by atoms with Gasteiger partial charge in [0.25, 0.3) is 0 Å². The Kier molecular flexibility index (Phi) is 6.56. The molecule has 0 aliphatic carbocycles. The molecule has 0 saturated heterocycles. The largest absolute Gasteiger partial charge is 0.493 e. The standard InChI is InChI=1S/C27H30N2O2/c1-20-14-15-26(22(3)18-20)30-17-9-8-16-29-24-12-6-5-11-23(24)28-27(29)19-31-25-13-7-4-10-21(25)2/h4-7,10-15,18H,8-9,16-17,19H2,1-3H3. The summed E-state index contributed by atoms with van der Waals surface area (Å²) in [6, 6.07) is 22.7. The Balaban J connectivity index is 1.39. The van der Waals surface area contributed by atoms with E-state index in [-0.39, 0.29) is 0 Å². The summed E-state index contributed by atoms with van der Waals surface area (Å²) >= 11 is 0. The lowest BCUT2D eigenvalue weighted by Gasteiger charge is -2.13. The predicted octanol–water partition coefficient (Wildman–Crippen LogP) is 6.40. The minimum atomic E-state index is 0.457. The SMILES string of the molecule is Cc1ccc(OCCCCn2c(COc3ccccc3C)nc3ccccc32)c(C)c1. The zero-order chi connectivity index (χ0) is 21.6. The van der Waals surface area contributed by atoms with E-state index in [0.717, 1.165) is 53.3 Å². The number of ether oxygens (including phenoxy) is 2. The van der Waals surface area contributed by atoms with E-state index in [4.69, 9.17) is 14.5 Å². The summed E-state index contributed by atoms with van der Waals surface area (Å²) in [6.45, 7) is 8.33. The summed E-state index contributed by atoms with van der Waals surface area (Å²) in [5.74, 6) is 2.84. The third-order valence-electron chi connectivity index (χ3n) is 5.55. The van der Waals surface area contributed by atoms with E-state index in [1.807, 2.05) is 24.3 Å². The van der Waals surface area contributed by atoms with Gasteiger partial charge in [-0.15, -0.1) is 0 Å². The van der Waals surface area contributed by atoms with Crippen LogP contribution in [0.4, 0.5) is 0 Å². The molecule has 0 amide bonds. The van der Waals surface area contributed by atoms with Gasteiger partial charge in [-0.05, 0) is 69.0 Å². The third-order valence-corrected chi connectivity index (χ3v) is 5.55. The van der Waals surface area contributed by atoms with Gasteiger partial charge in [0.15, 0.2) is 0 Å². The first-order valence-electron chi connectivity index (χ1n) is 10.9. The second-order valence-corrected chi connectivity index (χ2v) is 8.05. The molecule has 4 rings (SSSR count). The monoisotopic (exact) mass is 414 g/mol. The van der Waals surface area contributed by atoms with Crippen LogP contribution in [-0.4, -0.2) is 16.2 Å². The highest BCUT2D eigenvalue weighted by Crippen LogP contribution is 2.22. The Bertz CT molecular complexity index is 1160. The number of nitrogens with zero attached hydrogens (tertiary/aromatic N) is 2. The highest BCUT2D eigenvalue weighted by Gasteiger charge is 2.11. The molecule has 0 N–H and O–H groups in total. The van der Waals surface area contributed by atoms with Gasteiger partial charge in [0.1, 0.15) is 23.9 Å². The maximum atomic E-state index is 6.09. The molecule has 0 atom stereocenters. The minimum Gasteiger partial charge on any atom is -0.493 e. The molecule has 1 aromatic heterocycles. The summed E-state index contributed by atoms with van der Waals surface area (Å²) in [4.78, 5) is 4.83. The Morgan fingerprint density at radius 2 is 1.55 bits per heavy atom. The average molecular weight is 415 g/mol. The lowest BCUT2D eigenvalue weighted by Crippen LogP contribution is -2.09.